The van der Waals surface area contributed by atoms with Crippen LogP contribution in [0.4, 0.5) is 13.6 Å². The predicted molar refractivity (Wildman–Crippen MR) is 74.0 cm³/mol. The van der Waals surface area contributed by atoms with Crippen LogP contribution in [0.5, 0.6) is 0 Å². The molecule has 2 aromatic rings. The minimum Gasteiger partial charge on any atom is -0.336 e. The Labute approximate surface area is 122 Å². The van der Waals surface area contributed by atoms with Gasteiger partial charge in [0.15, 0.2) is 11.6 Å². The van der Waals surface area contributed by atoms with E-state index in [1.54, 1.807) is 11.4 Å². The van der Waals surface area contributed by atoms with Crippen molar-refractivity contribution in [2.24, 2.45) is 0 Å². The molecule has 1 fully saturated rings. The Morgan fingerprint density at radius 2 is 2.10 bits per heavy atom. The normalized spacial score (nSPS) is 17.9. The maximum absolute atomic E-state index is 14.2. The van der Waals surface area contributed by atoms with E-state index < -0.39 is 17.7 Å². The van der Waals surface area contributed by atoms with Crippen molar-refractivity contribution >= 4 is 29.0 Å². The van der Waals surface area contributed by atoms with E-state index in [4.69, 9.17) is 11.6 Å². The standard InChI is InChI=1S/C13H9ClF2N2OS/c14-10-3-6(5-20-10)7-1-2-8(12(16)11(7)15)9-4-17-13(19)18-9/h1-3,5,9H,4H2,(H2,17,18,19). The lowest BCUT2D eigenvalue weighted by molar-refractivity contribution is 0.247. The monoisotopic (exact) mass is 314 g/mol. The van der Waals surface area contributed by atoms with E-state index in [2.05, 4.69) is 10.6 Å². The summed E-state index contributed by atoms with van der Waals surface area (Å²) in [4.78, 5) is 11.1. The molecule has 7 heteroatoms. The number of hydrogen-bond acceptors (Lipinski definition) is 2. The molecule has 1 aliphatic rings. The molecule has 2 amide bonds. The van der Waals surface area contributed by atoms with Crippen LogP contribution in [0.3, 0.4) is 0 Å². The van der Waals surface area contributed by atoms with Crippen molar-refractivity contribution < 1.29 is 13.6 Å². The van der Waals surface area contributed by atoms with Crippen molar-refractivity contribution in [3.63, 3.8) is 0 Å². The predicted octanol–water partition coefficient (Wildman–Crippen LogP) is 3.70. The molecular weight excluding hydrogens is 306 g/mol. The summed E-state index contributed by atoms with van der Waals surface area (Å²) < 4.78 is 28.8. The fraction of sp³-hybridized carbons (Fsp3) is 0.154. The first-order valence-corrected chi connectivity index (χ1v) is 7.08. The summed E-state index contributed by atoms with van der Waals surface area (Å²) in [6.07, 6.45) is 0. The number of carbonyl (C=O) groups excluding carboxylic acids is 1. The molecule has 1 aliphatic heterocycles. The number of amides is 2. The number of benzene rings is 1. The summed E-state index contributed by atoms with van der Waals surface area (Å²) in [7, 11) is 0. The lowest BCUT2D eigenvalue weighted by Gasteiger charge is -2.12. The topological polar surface area (TPSA) is 41.1 Å². The lowest BCUT2D eigenvalue weighted by atomic mass is 10.0. The van der Waals surface area contributed by atoms with Gasteiger partial charge in [-0.05, 0) is 11.6 Å². The van der Waals surface area contributed by atoms with Crippen LogP contribution in [0.25, 0.3) is 11.1 Å². The van der Waals surface area contributed by atoms with Crippen LogP contribution in [-0.2, 0) is 0 Å². The molecule has 1 atom stereocenters. The van der Waals surface area contributed by atoms with Crippen LogP contribution in [0.2, 0.25) is 4.34 Å². The van der Waals surface area contributed by atoms with E-state index >= 15 is 0 Å². The molecule has 0 bridgehead atoms. The fourth-order valence-electron chi connectivity index (χ4n) is 2.15. The van der Waals surface area contributed by atoms with Crippen LogP contribution in [0.15, 0.2) is 23.6 Å². The molecule has 20 heavy (non-hydrogen) atoms. The third-order valence-electron chi connectivity index (χ3n) is 3.14. The van der Waals surface area contributed by atoms with Crippen molar-refractivity contribution in [3.8, 4) is 11.1 Å². The second-order valence-corrected chi connectivity index (χ2v) is 5.92. The van der Waals surface area contributed by atoms with Crippen LogP contribution < -0.4 is 10.6 Å². The van der Waals surface area contributed by atoms with Crippen molar-refractivity contribution in [3.05, 3.63) is 45.1 Å². The molecular formula is C13H9ClF2N2OS. The molecule has 3 rings (SSSR count). The van der Waals surface area contributed by atoms with Gasteiger partial charge in [0, 0.05) is 23.1 Å². The van der Waals surface area contributed by atoms with Crippen LogP contribution in [0.1, 0.15) is 11.6 Å². The second-order valence-electron chi connectivity index (χ2n) is 4.38. The molecule has 0 saturated carbocycles. The lowest BCUT2D eigenvalue weighted by Crippen LogP contribution is -2.22. The molecule has 0 spiro atoms. The Kier molecular flexibility index (Phi) is 3.35. The van der Waals surface area contributed by atoms with Gasteiger partial charge in [-0.2, -0.15) is 0 Å². The smallest absolute Gasteiger partial charge is 0.315 e. The zero-order valence-corrected chi connectivity index (χ0v) is 11.6. The SMILES string of the molecule is O=C1NCC(c2ccc(-c3csc(Cl)c3)c(F)c2F)N1. The molecule has 3 nitrogen and oxygen atoms in total. The van der Waals surface area contributed by atoms with E-state index in [9.17, 15) is 13.6 Å². The molecule has 0 aliphatic carbocycles. The number of hydrogen-bond donors (Lipinski definition) is 2. The van der Waals surface area contributed by atoms with Gasteiger partial charge in [-0.15, -0.1) is 11.3 Å². The van der Waals surface area contributed by atoms with Crippen LogP contribution >= 0.6 is 22.9 Å². The Bertz CT molecular complexity index is 689. The third-order valence-corrected chi connectivity index (χ3v) is 4.23. The van der Waals surface area contributed by atoms with Gasteiger partial charge in [-0.3, -0.25) is 0 Å². The summed E-state index contributed by atoms with van der Waals surface area (Å²) >= 11 is 7.05. The number of halogens is 3. The van der Waals surface area contributed by atoms with Crippen molar-refractivity contribution in [2.45, 2.75) is 6.04 Å². The zero-order valence-electron chi connectivity index (χ0n) is 10.0. The average molecular weight is 315 g/mol. The molecule has 104 valence electrons. The molecule has 2 N–H and O–H groups in total. The minimum atomic E-state index is -0.946. The van der Waals surface area contributed by atoms with Gasteiger partial charge < -0.3 is 10.6 Å². The molecule has 2 heterocycles. The van der Waals surface area contributed by atoms with Gasteiger partial charge in [0.05, 0.1) is 10.4 Å². The van der Waals surface area contributed by atoms with Gasteiger partial charge in [-0.1, -0.05) is 23.7 Å². The number of nitrogens with one attached hydrogen (secondary N) is 2. The number of carbonyl (C=O) groups is 1. The first-order chi connectivity index (χ1) is 9.56. The highest BCUT2D eigenvalue weighted by Gasteiger charge is 2.26. The Balaban J connectivity index is 2.01. The van der Waals surface area contributed by atoms with Gasteiger partial charge in [0.1, 0.15) is 0 Å². The largest absolute Gasteiger partial charge is 0.336 e. The van der Waals surface area contributed by atoms with E-state index in [0.29, 0.717) is 9.90 Å². The summed E-state index contributed by atoms with van der Waals surface area (Å²) in [6, 6.07) is 3.62. The van der Waals surface area contributed by atoms with E-state index in [-0.39, 0.29) is 23.7 Å². The summed E-state index contributed by atoms with van der Waals surface area (Å²) in [6.45, 7) is 0.235. The number of urea groups is 1. The third kappa shape index (κ3) is 2.25. The molecule has 0 radical (unpaired) electrons. The first-order valence-electron chi connectivity index (χ1n) is 5.83. The van der Waals surface area contributed by atoms with Crippen molar-refractivity contribution in [1.29, 1.82) is 0 Å². The van der Waals surface area contributed by atoms with Gasteiger partial charge in [0.2, 0.25) is 0 Å². The van der Waals surface area contributed by atoms with Gasteiger partial charge in [-0.25, -0.2) is 13.6 Å². The van der Waals surface area contributed by atoms with Crippen molar-refractivity contribution in [1.82, 2.24) is 10.6 Å². The quantitative estimate of drug-likeness (QED) is 0.872. The van der Waals surface area contributed by atoms with Gasteiger partial charge >= 0.3 is 6.03 Å². The molecule has 1 aromatic heterocycles. The average Bonchev–Trinajstić information content (AvgIpc) is 3.02. The van der Waals surface area contributed by atoms with E-state index in [1.807, 2.05) is 0 Å². The number of thiophene rings is 1. The maximum atomic E-state index is 14.2. The summed E-state index contributed by atoms with van der Waals surface area (Å²) in [5, 5.41) is 6.70. The Morgan fingerprint density at radius 1 is 1.30 bits per heavy atom. The van der Waals surface area contributed by atoms with E-state index in [0.717, 1.165) is 0 Å². The fourth-order valence-corrected chi connectivity index (χ4v) is 3.03. The minimum absolute atomic E-state index is 0.130. The first kappa shape index (κ1) is 13.3. The Hall–Kier alpha value is -1.66. The molecule has 1 unspecified atom stereocenters. The van der Waals surface area contributed by atoms with Gasteiger partial charge in [0.25, 0.3) is 0 Å². The van der Waals surface area contributed by atoms with Crippen molar-refractivity contribution in [2.75, 3.05) is 6.54 Å². The highest BCUT2D eigenvalue weighted by molar-refractivity contribution is 7.14. The Morgan fingerprint density at radius 3 is 2.70 bits per heavy atom. The zero-order chi connectivity index (χ0) is 14.3. The van der Waals surface area contributed by atoms with Crippen LogP contribution in [0, 0.1) is 11.6 Å². The summed E-state index contributed by atoms with van der Waals surface area (Å²) in [5.41, 5.74) is 0.828. The maximum Gasteiger partial charge on any atom is 0.315 e. The highest BCUT2D eigenvalue weighted by atomic mass is 35.5. The molecule has 1 saturated heterocycles. The molecule has 1 aromatic carbocycles. The highest BCUT2D eigenvalue weighted by Crippen LogP contribution is 2.33. The number of rotatable bonds is 2. The van der Waals surface area contributed by atoms with E-state index in [1.165, 1.54) is 23.5 Å². The summed E-state index contributed by atoms with van der Waals surface area (Å²) in [5.74, 6) is -1.88. The van der Waals surface area contributed by atoms with Crippen LogP contribution in [-0.4, -0.2) is 12.6 Å². The second kappa shape index (κ2) is 5.03.